The van der Waals surface area contributed by atoms with E-state index in [0.29, 0.717) is 29.3 Å². The van der Waals surface area contributed by atoms with E-state index in [-0.39, 0.29) is 0 Å². The zero-order valence-electron chi connectivity index (χ0n) is 12.7. The summed E-state index contributed by atoms with van der Waals surface area (Å²) < 4.78 is 0. The van der Waals surface area contributed by atoms with Gasteiger partial charge in [-0.05, 0) is 24.0 Å². The Morgan fingerprint density at radius 3 is 2.48 bits per heavy atom. The van der Waals surface area contributed by atoms with E-state index in [1.165, 1.54) is 11.1 Å². The van der Waals surface area contributed by atoms with Crippen LogP contribution in [0.5, 0.6) is 0 Å². The van der Waals surface area contributed by atoms with Crippen LogP contribution in [0.4, 0.5) is 11.8 Å². The van der Waals surface area contributed by atoms with Gasteiger partial charge in [-0.3, -0.25) is 0 Å². The molecule has 0 aliphatic heterocycles. The fourth-order valence-corrected chi connectivity index (χ4v) is 2.10. The molecule has 0 saturated heterocycles. The van der Waals surface area contributed by atoms with Crippen molar-refractivity contribution in [1.29, 1.82) is 0 Å². The molecule has 0 bridgehead atoms. The Morgan fingerprint density at radius 1 is 1.14 bits per heavy atom. The summed E-state index contributed by atoms with van der Waals surface area (Å²) in [5, 5.41) is 6.85. The number of halogens is 1. The molecule has 0 aliphatic carbocycles. The molecule has 0 radical (unpaired) electrons. The molecule has 4 nitrogen and oxygen atoms in total. The van der Waals surface area contributed by atoms with Crippen molar-refractivity contribution >= 4 is 23.4 Å². The molecule has 0 saturated carbocycles. The molecule has 0 spiro atoms. The van der Waals surface area contributed by atoms with E-state index in [0.717, 1.165) is 6.54 Å². The Bertz CT molecular complexity index is 581. The first-order valence-electron chi connectivity index (χ1n) is 7.19. The Hall–Kier alpha value is -1.81. The maximum absolute atomic E-state index is 6.11. The van der Waals surface area contributed by atoms with Gasteiger partial charge in [0.05, 0.1) is 6.20 Å². The summed E-state index contributed by atoms with van der Waals surface area (Å²) in [5.41, 5.74) is 2.53. The van der Waals surface area contributed by atoms with Crippen molar-refractivity contribution in [2.75, 3.05) is 17.2 Å². The first-order chi connectivity index (χ1) is 10.1. The van der Waals surface area contributed by atoms with Crippen molar-refractivity contribution in [2.45, 2.75) is 33.2 Å². The molecule has 0 aliphatic rings. The van der Waals surface area contributed by atoms with Crippen LogP contribution >= 0.6 is 11.6 Å². The lowest BCUT2D eigenvalue weighted by Gasteiger charge is -2.10. The fraction of sp³-hybridized carbons (Fsp3) is 0.375. The molecule has 0 atom stereocenters. The molecule has 0 fully saturated rings. The van der Waals surface area contributed by atoms with Gasteiger partial charge in [-0.15, -0.1) is 0 Å². The van der Waals surface area contributed by atoms with Crippen LogP contribution in [0, 0.1) is 0 Å². The number of rotatable bonds is 6. The van der Waals surface area contributed by atoms with Crippen LogP contribution in [-0.4, -0.2) is 16.5 Å². The summed E-state index contributed by atoms with van der Waals surface area (Å²) in [5.74, 6) is 1.78. The van der Waals surface area contributed by atoms with Crippen molar-refractivity contribution in [3.8, 4) is 0 Å². The van der Waals surface area contributed by atoms with Gasteiger partial charge in [0.15, 0.2) is 5.82 Å². The molecule has 1 aromatic carbocycles. The molecule has 5 heteroatoms. The second-order valence-electron chi connectivity index (χ2n) is 5.17. The van der Waals surface area contributed by atoms with Gasteiger partial charge in [0.1, 0.15) is 5.02 Å². The van der Waals surface area contributed by atoms with Crippen LogP contribution in [0.25, 0.3) is 0 Å². The highest BCUT2D eigenvalue weighted by atomic mass is 35.5. The summed E-state index contributed by atoms with van der Waals surface area (Å²) in [7, 11) is 0. The molecule has 112 valence electrons. The molecular weight excluding hydrogens is 284 g/mol. The summed E-state index contributed by atoms with van der Waals surface area (Å²) in [6.07, 6.45) is 1.61. The normalized spacial score (nSPS) is 10.7. The molecule has 2 N–H and O–H groups in total. The minimum absolute atomic E-state index is 0.524. The van der Waals surface area contributed by atoms with E-state index >= 15 is 0 Å². The molecule has 2 aromatic rings. The molecule has 1 aromatic heterocycles. The van der Waals surface area contributed by atoms with Gasteiger partial charge in [-0.1, -0.05) is 49.7 Å². The standard InChI is InChI=1S/C16H21ClN4/c1-4-18-16-20-10-14(17)15(21-16)19-9-12-5-7-13(8-6-12)11(2)3/h5-8,10-11H,4,9H2,1-3H3,(H2,18,19,20,21). The summed E-state index contributed by atoms with van der Waals surface area (Å²) >= 11 is 6.11. The Morgan fingerprint density at radius 2 is 1.86 bits per heavy atom. The van der Waals surface area contributed by atoms with Crippen molar-refractivity contribution in [1.82, 2.24) is 9.97 Å². The van der Waals surface area contributed by atoms with Gasteiger partial charge >= 0.3 is 0 Å². The summed E-state index contributed by atoms with van der Waals surface area (Å²) in [6.45, 7) is 7.84. The molecule has 2 rings (SSSR count). The largest absolute Gasteiger partial charge is 0.365 e. The molecule has 21 heavy (non-hydrogen) atoms. The van der Waals surface area contributed by atoms with Crippen molar-refractivity contribution < 1.29 is 0 Å². The van der Waals surface area contributed by atoms with Crippen LogP contribution in [0.15, 0.2) is 30.5 Å². The van der Waals surface area contributed by atoms with E-state index < -0.39 is 0 Å². The fourth-order valence-electron chi connectivity index (χ4n) is 1.94. The number of hydrogen-bond donors (Lipinski definition) is 2. The maximum Gasteiger partial charge on any atom is 0.224 e. The predicted molar refractivity (Wildman–Crippen MR) is 89.1 cm³/mol. The number of aromatic nitrogens is 2. The zero-order valence-corrected chi connectivity index (χ0v) is 13.4. The van der Waals surface area contributed by atoms with E-state index in [2.05, 4.69) is 58.7 Å². The minimum atomic E-state index is 0.524. The van der Waals surface area contributed by atoms with Gasteiger partial charge in [0.2, 0.25) is 5.95 Å². The number of nitrogens with one attached hydrogen (secondary N) is 2. The number of benzene rings is 1. The number of hydrogen-bond acceptors (Lipinski definition) is 4. The second-order valence-corrected chi connectivity index (χ2v) is 5.58. The van der Waals surface area contributed by atoms with Crippen molar-refractivity contribution in [3.63, 3.8) is 0 Å². The number of nitrogens with zero attached hydrogens (tertiary/aromatic N) is 2. The molecular formula is C16H21ClN4. The Labute approximate surface area is 131 Å². The van der Waals surface area contributed by atoms with Crippen LogP contribution in [0.2, 0.25) is 5.02 Å². The first-order valence-corrected chi connectivity index (χ1v) is 7.57. The topological polar surface area (TPSA) is 49.8 Å². The lowest BCUT2D eigenvalue weighted by atomic mass is 10.0. The molecule has 0 amide bonds. The van der Waals surface area contributed by atoms with Crippen molar-refractivity contribution in [2.24, 2.45) is 0 Å². The monoisotopic (exact) mass is 304 g/mol. The highest BCUT2D eigenvalue weighted by Gasteiger charge is 2.05. The predicted octanol–water partition coefficient (Wildman–Crippen LogP) is 4.30. The molecule has 1 heterocycles. The first kappa shape index (κ1) is 15.6. The van der Waals surface area contributed by atoms with E-state index in [4.69, 9.17) is 11.6 Å². The lowest BCUT2D eigenvalue weighted by molar-refractivity contribution is 0.865. The van der Waals surface area contributed by atoms with Gasteiger partial charge in [-0.2, -0.15) is 4.98 Å². The highest BCUT2D eigenvalue weighted by molar-refractivity contribution is 6.32. The third-order valence-electron chi connectivity index (χ3n) is 3.19. The van der Waals surface area contributed by atoms with Crippen LogP contribution in [0.3, 0.4) is 0 Å². The third-order valence-corrected chi connectivity index (χ3v) is 3.46. The minimum Gasteiger partial charge on any atom is -0.365 e. The second kappa shape index (κ2) is 7.27. The average molecular weight is 305 g/mol. The SMILES string of the molecule is CCNc1ncc(Cl)c(NCc2ccc(C(C)C)cc2)n1. The lowest BCUT2D eigenvalue weighted by Crippen LogP contribution is -2.07. The van der Waals surface area contributed by atoms with Crippen LogP contribution in [0.1, 0.15) is 37.8 Å². The van der Waals surface area contributed by atoms with Crippen LogP contribution < -0.4 is 10.6 Å². The average Bonchev–Trinajstić information content (AvgIpc) is 2.48. The smallest absolute Gasteiger partial charge is 0.224 e. The van der Waals surface area contributed by atoms with Crippen LogP contribution in [-0.2, 0) is 6.54 Å². The Balaban J connectivity index is 2.03. The maximum atomic E-state index is 6.11. The third kappa shape index (κ3) is 4.33. The van der Waals surface area contributed by atoms with E-state index in [9.17, 15) is 0 Å². The van der Waals surface area contributed by atoms with Gasteiger partial charge < -0.3 is 10.6 Å². The van der Waals surface area contributed by atoms with Gasteiger partial charge in [-0.25, -0.2) is 4.98 Å². The van der Waals surface area contributed by atoms with Crippen molar-refractivity contribution in [3.05, 3.63) is 46.6 Å². The highest BCUT2D eigenvalue weighted by Crippen LogP contribution is 2.20. The van der Waals surface area contributed by atoms with E-state index in [1.807, 2.05) is 6.92 Å². The van der Waals surface area contributed by atoms with Gasteiger partial charge in [0, 0.05) is 13.1 Å². The quantitative estimate of drug-likeness (QED) is 0.835. The number of anilines is 2. The Kier molecular flexibility index (Phi) is 5.39. The van der Waals surface area contributed by atoms with E-state index in [1.54, 1.807) is 6.20 Å². The molecule has 0 unspecified atom stereocenters. The summed E-state index contributed by atoms with van der Waals surface area (Å²) in [6, 6.07) is 8.58. The van der Waals surface area contributed by atoms with Gasteiger partial charge in [0.25, 0.3) is 0 Å². The summed E-state index contributed by atoms with van der Waals surface area (Å²) in [4.78, 5) is 8.48. The zero-order chi connectivity index (χ0) is 15.2.